The molecule has 30 heavy (non-hydrogen) atoms. The Morgan fingerprint density at radius 1 is 0.767 bits per heavy atom. The number of hydrogen-bond acceptors (Lipinski definition) is 3. The lowest BCUT2D eigenvalue weighted by atomic mass is 9.63. The lowest BCUT2D eigenvalue weighted by Gasteiger charge is -2.46. The van der Waals surface area contributed by atoms with Crippen molar-refractivity contribution in [3.05, 3.63) is 29.6 Å². The second-order valence-electron chi connectivity index (χ2n) is 13.0. The summed E-state index contributed by atoms with van der Waals surface area (Å²) in [5.74, 6) is 1.21. The Morgan fingerprint density at radius 2 is 1.17 bits per heavy atom. The molecule has 0 radical (unpaired) electrons. The van der Waals surface area contributed by atoms with Crippen LogP contribution in [0.2, 0.25) is 0 Å². The third-order valence-electron chi connectivity index (χ3n) is 11.9. The third-order valence-corrected chi connectivity index (χ3v) is 11.9. The maximum atomic E-state index is 11.8. The van der Waals surface area contributed by atoms with Gasteiger partial charge in [0.05, 0.1) is 11.2 Å². The fourth-order valence-corrected chi connectivity index (χ4v) is 8.70. The normalized spacial score (nSPS) is 47.9. The minimum Gasteiger partial charge on any atom is -0.389 e. The van der Waals surface area contributed by atoms with Crippen LogP contribution in [0, 0.1) is 33.5 Å². The maximum absolute atomic E-state index is 11.8. The van der Waals surface area contributed by atoms with Gasteiger partial charge in [0.1, 0.15) is 0 Å². The fraction of sp³-hybridized carbons (Fsp3) is 0.815. The lowest BCUT2D eigenvalue weighted by Crippen LogP contribution is -2.49. The van der Waals surface area contributed by atoms with Crippen LogP contribution in [-0.4, -0.2) is 26.4 Å². The van der Waals surface area contributed by atoms with Gasteiger partial charge in [-0.25, -0.2) is 0 Å². The second-order valence-corrected chi connectivity index (χ2v) is 13.0. The van der Waals surface area contributed by atoms with Crippen LogP contribution in [0.25, 0.3) is 0 Å². The largest absolute Gasteiger partial charge is 0.389 e. The van der Waals surface area contributed by atoms with Crippen LogP contribution >= 0.6 is 0 Å². The van der Waals surface area contributed by atoms with E-state index in [1.807, 2.05) is 0 Å². The average molecular weight is 412 g/mol. The van der Waals surface area contributed by atoms with Gasteiger partial charge in [0, 0.05) is 35.1 Å². The zero-order valence-corrected chi connectivity index (χ0v) is 19.9. The molecule has 3 nitrogen and oxygen atoms in total. The summed E-state index contributed by atoms with van der Waals surface area (Å²) in [5, 5.41) is 23.5. The first-order valence-electron chi connectivity index (χ1n) is 12.2. The van der Waals surface area contributed by atoms with Gasteiger partial charge in [-0.15, -0.1) is 0 Å². The van der Waals surface area contributed by atoms with Crippen molar-refractivity contribution in [2.75, 3.05) is 0 Å². The Hall–Kier alpha value is -0.930. The molecule has 5 rings (SSSR count). The number of aromatic nitrogens is 1. The summed E-state index contributed by atoms with van der Waals surface area (Å²) in [4.78, 5) is 5.00. The van der Waals surface area contributed by atoms with Crippen LogP contribution in [0.15, 0.2) is 18.2 Å². The van der Waals surface area contributed by atoms with E-state index >= 15 is 0 Å². The standard InChI is InChI=1S/C27H41NO2/c1-22(2)18-10-12-24(22,5)26(29,14-18)16-20-8-7-9-21(28-20)17-27(30)15-19-11-13-25(27,6)23(19,3)4/h7-9,18-19,29-30H,10-17H2,1-6H3/t18-,19+,24-,25+,26?,27?. The van der Waals surface area contributed by atoms with Gasteiger partial charge in [-0.1, -0.05) is 47.6 Å². The molecule has 4 aliphatic carbocycles. The minimum absolute atomic E-state index is 0.0529. The number of aliphatic hydroxyl groups is 2. The van der Waals surface area contributed by atoms with E-state index in [0.29, 0.717) is 24.7 Å². The summed E-state index contributed by atoms with van der Waals surface area (Å²) in [5.41, 5.74) is 0.859. The van der Waals surface area contributed by atoms with Crippen molar-refractivity contribution < 1.29 is 10.2 Å². The number of pyridine rings is 1. The Morgan fingerprint density at radius 3 is 1.47 bits per heavy atom. The van der Waals surface area contributed by atoms with E-state index in [4.69, 9.17) is 4.98 Å². The molecule has 4 bridgehead atoms. The topological polar surface area (TPSA) is 53.4 Å². The van der Waals surface area contributed by atoms with Gasteiger partial charge < -0.3 is 10.2 Å². The highest BCUT2D eigenvalue weighted by Crippen LogP contribution is 2.71. The Labute approximate surface area is 182 Å². The van der Waals surface area contributed by atoms with Crippen LogP contribution < -0.4 is 0 Å². The molecular weight excluding hydrogens is 370 g/mol. The Bertz CT molecular complexity index is 810. The highest BCUT2D eigenvalue weighted by molar-refractivity contribution is 5.25. The van der Waals surface area contributed by atoms with Crippen molar-refractivity contribution in [3.63, 3.8) is 0 Å². The molecule has 1 heterocycles. The summed E-state index contributed by atoms with van der Waals surface area (Å²) in [6.45, 7) is 14.0. The summed E-state index contributed by atoms with van der Waals surface area (Å²) >= 11 is 0. The summed E-state index contributed by atoms with van der Waals surface area (Å²) in [7, 11) is 0. The molecular formula is C27H41NO2. The second kappa shape index (κ2) is 5.90. The van der Waals surface area contributed by atoms with Gasteiger partial charge >= 0.3 is 0 Å². The van der Waals surface area contributed by atoms with Gasteiger partial charge in [0.25, 0.3) is 0 Å². The SMILES string of the molecule is CC1(C)[C@@H]2CC[C@@]1(C)C(O)(Cc1cccc(CC3(O)C[C@@H]4CC[C@@]3(C)C4(C)C)n1)C2. The molecule has 1 aromatic heterocycles. The molecule has 0 amide bonds. The number of hydrogen-bond donors (Lipinski definition) is 2. The molecule has 4 saturated carbocycles. The van der Waals surface area contributed by atoms with Gasteiger partial charge in [0.2, 0.25) is 0 Å². The average Bonchev–Trinajstić information content (AvgIpc) is 3.12. The molecule has 1 aromatic rings. The number of fused-ring (bicyclic) bond motifs is 4. The quantitative estimate of drug-likeness (QED) is 0.705. The predicted molar refractivity (Wildman–Crippen MR) is 120 cm³/mol. The zero-order valence-electron chi connectivity index (χ0n) is 19.9. The van der Waals surface area contributed by atoms with Crippen LogP contribution in [0.5, 0.6) is 0 Å². The van der Waals surface area contributed by atoms with Crippen LogP contribution in [0.3, 0.4) is 0 Å². The van der Waals surface area contributed by atoms with Crippen molar-refractivity contribution in [2.24, 2.45) is 33.5 Å². The first kappa shape index (κ1) is 20.9. The lowest BCUT2D eigenvalue weighted by molar-refractivity contribution is -0.0904. The van der Waals surface area contributed by atoms with Crippen molar-refractivity contribution in [1.29, 1.82) is 0 Å². The third kappa shape index (κ3) is 2.32. The van der Waals surface area contributed by atoms with Crippen molar-refractivity contribution in [2.45, 2.75) is 104 Å². The molecule has 3 heteroatoms. The van der Waals surface area contributed by atoms with Gasteiger partial charge in [-0.05, 0) is 73.3 Å². The van der Waals surface area contributed by atoms with E-state index in [9.17, 15) is 10.2 Å². The minimum atomic E-state index is -0.678. The molecule has 6 atom stereocenters. The molecule has 0 spiro atoms. The molecule has 2 unspecified atom stereocenters. The summed E-state index contributed by atoms with van der Waals surface area (Å²) < 4.78 is 0. The Balaban J connectivity index is 1.39. The van der Waals surface area contributed by atoms with E-state index in [-0.39, 0.29) is 21.7 Å². The van der Waals surface area contributed by atoms with Gasteiger partial charge in [-0.3, -0.25) is 4.98 Å². The maximum Gasteiger partial charge on any atom is 0.0764 e. The van der Waals surface area contributed by atoms with Gasteiger partial charge in [0.15, 0.2) is 0 Å². The van der Waals surface area contributed by atoms with Gasteiger partial charge in [-0.2, -0.15) is 0 Å². The summed E-state index contributed by atoms with van der Waals surface area (Å²) in [6.07, 6.45) is 7.72. The van der Waals surface area contributed by atoms with Crippen molar-refractivity contribution in [1.82, 2.24) is 4.98 Å². The fourth-order valence-electron chi connectivity index (χ4n) is 8.70. The zero-order chi connectivity index (χ0) is 21.8. The van der Waals surface area contributed by atoms with Crippen LogP contribution in [0.4, 0.5) is 0 Å². The van der Waals surface area contributed by atoms with Crippen LogP contribution in [-0.2, 0) is 12.8 Å². The highest BCUT2D eigenvalue weighted by Gasteiger charge is 2.69. The number of nitrogens with zero attached hydrogens (tertiary/aromatic N) is 1. The number of rotatable bonds is 4. The van der Waals surface area contributed by atoms with E-state index < -0.39 is 11.2 Å². The van der Waals surface area contributed by atoms with Crippen molar-refractivity contribution in [3.8, 4) is 0 Å². The molecule has 2 N–H and O–H groups in total. The van der Waals surface area contributed by atoms with E-state index in [1.165, 1.54) is 12.8 Å². The summed E-state index contributed by atoms with van der Waals surface area (Å²) in [6, 6.07) is 6.21. The molecule has 0 saturated heterocycles. The molecule has 0 aromatic carbocycles. The van der Waals surface area contributed by atoms with E-state index in [1.54, 1.807) is 0 Å². The van der Waals surface area contributed by atoms with Crippen molar-refractivity contribution >= 4 is 0 Å². The van der Waals surface area contributed by atoms with E-state index in [2.05, 4.69) is 59.7 Å². The van der Waals surface area contributed by atoms with Crippen LogP contribution in [0.1, 0.15) is 91.5 Å². The Kier molecular flexibility index (Phi) is 4.12. The first-order valence-corrected chi connectivity index (χ1v) is 12.2. The molecule has 4 aliphatic rings. The monoisotopic (exact) mass is 411 g/mol. The highest BCUT2D eigenvalue weighted by atomic mass is 16.3. The molecule has 0 aliphatic heterocycles. The smallest absolute Gasteiger partial charge is 0.0764 e. The predicted octanol–water partition coefficient (Wildman–Crippen LogP) is 5.32. The first-order chi connectivity index (χ1) is 13.8. The molecule has 166 valence electrons. The molecule has 4 fully saturated rings. The van der Waals surface area contributed by atoms with E-state index in [0.717, 1.165) is 37.1 Å².